The quantitative estimate of drug-likeness (QED) is 0.465. The normalized spacial score (nSPS) is 18.9. The predicted octanol–water partition coefficient (Wildman–Crippen LogP) is 1.24. The van der Waals surface area contributed by atoms with Crippen LogP contribution < -0.4 is 0 Å². The highest BCUT2D eigenvalue weighted by Gasteiger charge is 2.36. The average Bonchev–Trinajstić information content (AvgIpc) is 2.71. The first-order chi connectivity index (χ1) is 9.26. The molecule has 1 aliphatic rings. The number of carbonyl (C=O) groups excluding carboxylic acids is 1. The second-order valence-corrected chi connectivity index (χ2v) is 5.39. The standard InChI is InChI=1S/C13H21NO6/c1-13(2,3)20-11(15)9-5-6-14(12(16)17)10(9)7-19-8-18-4/h5,10H,6-8H2,1-4H3,(H,16,17)/t10-/m1/s1. The van der Waals surface area contributed by atoms with Gasteiger partial charge in [-0.15, -0.1) is 0 Å². The first kappa shape index (κ1) is 16.5. The van der Waals surface area contributed by atoms with Crippen LogP contribution in [0.2, 0.25) is 0 Å². The number of amides is 1. The Hall–Kier alpha value is -1.60. The Morgan fingerprint density at radius 1 is 1.45 bits per heavy atom. The van der Waals surface area contributed by atoms with E-state index < -0.39 is 23.7 Å². The number of methoxy groups -OCH3 is 1. The number of nitrogens with zero attached hydrogens (tertiary/aromatic N) is 1. The summed E-state index contributed by atoms with van der Waals surface area (Å²) in [6, 6.07) is -0.669. The van der Waals surface area contributed by atoms with E-state index >= 15 is 0 Å². The molecule has 114 valence electrons. The summed E-state index contributed by atoms with van der Waals surface area (Å²) in [5.74, 6) is -0.521. The maximum atomic E-state index is 12.1. The molecule has 0 saturated carbocycles. The van der Waals surface area contributed by atoms with Crippen LogP contribution in [0.15, 0.2) is 11.6 Å². The topological polar surface area (TPSA) is 85.3 Å². The van der Waals surface area contributed by atoms with Gasteiger partial charge in [0.1, 0.15) is 12.4 Å². The van der Waals surface area contributed by atoms with Crippen molar-refractivity contribution in [3.8, 4) is 0 Å². The lowest BCUT2D eigenvalue weighted by molar-refractivity contribution is -0.150. The van der Waals surface area contributed by atoms with Crippen molar-refractivity contribution in [1.29, 1.82) is 0 Å². The largest absolute Gasteiger partial charge is 0.465 e. The summed E-state index contributed by atoms with van der Waals surface area (Å²) in [4.78, 5) is 24.4. The SMILES string of the molecule is COCOC[C@@H]1C(C(=O)OC(C)(C)C)=CCN1C(=O)O. The molecule has 0 radical (unpaired) electrons. The molecule has 1 heterocycles. The van der Waals surface area contributed by atoms with Crippen LogP contribution in [0.3, 0.4) is 0 Å². The first-order valence-electron chi connectivity index (χ1n) is 6.26. The number of rotatable bonds is 5. The minimum atomic E-state index is -1.11. The lowest BCUT2D eigenvalue weighted by Crippen LogP contribution is -2.41. The molecule has 1 atom stereocenters. The summed E-state index contributed by atoms with van der Waals surface area (Å²) in [6.07, 6.45) is 0.453. The Bertz CT molecular complexity index is 398. The summed E-state index contributed by atoms with van der Waals surface area (Å²) < 4.78 is 15.2. The second-order valence-electron chi connectivity index (χ2n) is 5.39. The molecular weight excluding hydrogens is 266 g/mol. The van der Waals surface area contributed by atoms with Gasteiger partial charge in [-0.2, -0.15) is 0 Å². The van der Waals surface area contributed by atoms with Crippen molar-refractivity contribution in [2.24, 2.45) is 0 Å². The van der Waals surface area contributed by atoms with Gasteiger partial charge < -0.3 is 19.3 Å². The number of hydrogen-bond donors (Lipinski definition) is 1. The minimum Gasteiger partial charge on any atom is -0.465 e. The van der Waals surface area contributed by atoms with Crippen molar-refractivity contribution in [1.82, 2.24) is 4.90 Å². The van der Waals surface area contributed by atoms with Crippen molar-refractivity contribution < 1.29 is 28.9 Å². The van der Waals surface area contributed by atoms with Crippen LogP contribution >= 0.6 is 0 Å². The molecule has 1 rings (SSSR count). The Morgan fingerprint density at radius 3 is 2.60 bits per heavy atom. The van der Waals surface area contributed by atoms with E-state index in [9.17, 15) is 9.59 Å². The van der Waals surface area contributed by atoms with Crippen LogP contribution in [0.1, 0.15) is 20.8 Å². The fourth-order valence-corrected chi connectivity index (χ4v) is 1.82. The second kappa shape index (κ2) is 6.71. The monoisotopic (exact) mass is 287 g/mol. The Balaban J connectivity index is 2.77. The maximum Gasteiger partial charge on any atom is 0.408 e. The fourth-order valence-electron chi connectivity index (χ4n) is 1.82. The number of esters is 1. The molecule has 0 aromatic heterocycles. The molecule has 0 saturated heterocycles. The van der Waals surface area contributed by atoms with E-state index in [0.717, 1.165) is 4.90 Å². The zero-order valence-electron chi connectivity index (χ0n) is 12.2. The van der Waals surface area contributed by atoms with E-state index in [1.165, 1.54) is 7.11 Å². The van der Waals surface area contributed by atoms with Gasteiger partial charge in [-0.3, -0.25) is 4.90 Å². The van der Waals surface area contributed by atoms with E-state index in [2.05, 4.69) is 0 Å². The Morgan fingerprint density at radius 2 is 2.10 bits per heavy atom. The van der Waals surface area contributed by atoms with Crippen molar-refractivity contribution in [3.63, 3.8) is 0 Å². The molecule has 1 amide bonds. The van der Waals surface area contributed by atoms with Gasteiger partial charge in [-0.25, -0.2) is 9.59 Å². The summed E-state index contributed by atoms with van der Waals surface area (Å²) >= 11 is 0. The van der Waals surface area contributed by atoms with Crippen molar-refractivity contribution in [3.05, 3.63) is 11.6 Å². The van der Waals surface area contributed by atoms with Gasteiger partial charge >= 0.3 is 12.1 Å². The zero-order chi connectivity index (χ0) is 15.3. The van der Waals surface area contributed by atoms with Gasteiger partial charge in [0.25, 0.3) is 0 Å². The number of carboxylic acid groups (broad SMARTS) is 1. The highest BCUT2D eigenvalue weighted by atomic mass is 16.7. The average molecular weight is 287 g/mol. The fraction of sp³-hybridized carbons (Fsp3) is 0.692. The van der Waals surface area contributed by atoms with Crippen LogP contribution in [0.4, 0.5) is 4.79 Å². The van der Waals surface area contributed by atoms with Crippen LogP contribution in [-0.4, -0.2) is 60.8 Å². The number of carbonyl (C=O) groups is 2. The third kappa shape index (κ3) is 4.50. The van der Waals surface area contributed by atoms with E-state index in [-0.39, 0.29) is 19.9 Å². The van der Waals surface area contributed by atoms with Gasteiger partial charge in [-0.1, -0.05) is 6.08 Å². The third-order valence-corrected chi connectivity index (χ3v) is 2.60. The summed E-state index contributed by atoms with van der Waals surface area (Å²) in [7, 11) is 1.47. The summed E-state index contributed by atoms with van der Waals surface area (Å²) in [5, 5.41) is 9.13. The van der Waals surface area contributed by atoms with Crippen LogP contribution in [-0.2, 0) is 19.0 Å². The van der Waals surface area contributed by atoms with E-state index in [0.29, 0.717) is 5.57 Å². The summed E-state index contributed by atoms with van der Waals surface area (Å²) in [5.41, 5.74) is -0.328. The van der Waals surface area contributed by atoms with Gasteiger partial charge in [-0.05, 0) is 20.8 Å². The van der Waals surface area contributed by atoms with E-state index in [1.54, 1.807) is 26.8 Å². The number of hydrogen-bond acceptors (Lipinski definition) is 5. The molecule has 1 N–H and O–H groups in total. The molecule has 0 spiro atoms. The van der Waals surface area contributed by atoms with Crippen molar-refractivity contribution in [2.75, 3.05) is 27.1 Å². The Kier molecular flexibility index (Phi) is 5.52. The van der Waals surface area contributed by atoms with Gasteiger partial charge in [0.05, 0.1) is 18.2 Å². The lowest BCUT2D eigenvalue weighted by atomic mass is 10.1. The molecule has 0 aliphatic carbocycles. The molecule has 0 fully saturated rings. The number of ether oxygens (including phenoxy) is 3. The van der Waals surface area contributed by atoms with Crippen LogP contribution in [0, 0.1) is 0 Å². The Labute approximate surface area is 118 Å². The zero-order valence-corrected chi connectivity index (χ0v) is 12.2. The van der Waals surface area contributed by atoms with Gasteiger partial charge in [0.2, 0.25) is 0 Å². The van der Waals surface area contributed by atoms with E-state index in [1.807, 2.05) is 0 Å². The smallest absolute Gasteiger partial charge is 0.408 e. The molecule has 1 aliphatic heterocycles. The third-order valence-electron chi connectivity index (χ3n) is 2.60. The molecular formula is C13H21NO6. The van der Waals surface area contributed by atoms with E-state index in [4.69, 9.17) is 19.3 Å². The maximum absolute atomic E-state index is 12.1. The molecule has 7 heteroatoms. The molecule has 0 bridgehead atoms. The molecule has 20 heavy (non-hydrogen) atoms. The van der Waals surface area contributed by atoms with Gasteiger partial charge in [0, 0.05) is 13.7 Å². The lowest BCUT2D eigenvalue weighted by Gasteiger charge is -2.26. The van der Waals surface area contributed by atoms with Crippen LogP contribution in [0.25, 0.3) is 0 Å². The first-order valence-corrected chi connectivity index (χ1v) is 6.26. The van der Waals surface area contributed by atoms with Crippen molar-refractivity contribution >= 4 is 12.1 Å². The molecule has 0 aromatic rings. The molecule has 0 unspecified atom stereocenters. The highest BCUT2D eigenvalue weighted by Crippen LogP contribution is 2.22. The predicted molar refractivity (Wildman–Crippen MR) is 70.3 cm³/mol. The van der Waals surface area contributed by atoms with Gasteiger partial charge in [0.15, 0.2) is 0 Å². The molecule has 7 nitrogen and oxygen atoms in total. The van der Waals surface area contributed by atoms with Crippen LogP contribution in [0.5, 0.6) is 0 Å². The summed E-state index contributed by atoms with van der Waals surface area (Å²) in [6.45, 7) is 5.49. The minimum absolute atomic E-state index is 0.0333. The van der Waals surface area contributed by atoms with Crippen molar-refractivity contribution in [2.45, 2.75) is 32.4 Å². The molecule has 0 aromatic carbocycles. The highest BCUT2D eigenvalue weighted by molar-refractivity contribution is 5.92.